The number of amides is 1. The fourth-order valence-electron chi connectivity index (χ4n) is 2.29. The number of carbonyl (C=O) groups excluding carboxylic acids is 1. The van der Waals surface area contributed by atoms with Gasteiger partial charge in [0.05, 0.1) is 24.7 Å². The molecule has 0 atom stereocenters. The molecule has 0 radical (unpaired) electrons. The molecular formula is C14H20FN3O4S. The molecule has 3 N–H and O–H groups in total. The van der Waals surface area contributed by atoms with Gasteiger partial charge >= 0.3 is 0 Å². The number of carbonyl (C=O) groups is 1. The average Bonchev–Trinajstić information content (AvgIpc) is 2.51. The molecule has 23 heavy (non-hydrogen) atoms. The standard InChI is InChI=1S/C14H20FN3O4S/c15-12-10-11(14(19)17-4-1-9-23(16,20)21)2-3-13(12)18-5-7-22-8-6-18/h2-3,10H,1,4-9H2,(H,17,19)(H2,16,20,21). The maximum Gasteiger partial charge on any atom is 0.251 e. The number of benzene rings is 1. The molecule has 0 aliphatic carbocycles. The zero-order valence-corrected chi connectivity index (χ0v) is 13.4. The van der Waals surface area contributed by atoms with E-state index in [1.165, 1.54) is 6.07 Å². The van der Waals surface area contributed by atoms with Crippen LogP contribution in [0.5, 0.6) is 0 Å². The van der Waals surface area contributed by atoms with Crippen LogP contribution in [0.3, 0.4) is 0 Å². The first-order valence-corrected chi connectivity index (χ1v) is 8.99. The molecule has 1 aromatic carbocycles. The first-order chi connectivity index (χ1) is 10.9. The lowest BCUT2D eigenvalue weighted by Gasteiger charge is -2.29. The minimum atomic E-state index is -3.54. The predicted octanol–water partition coefficient (Wildman–Crippen LogP) is 0.0707. The molecule has 1 aromatic rings. The number of sulfonamides is 1. The smallest absolute Gasteiger partial charge is 0.251 e. The van der Waals surface area contributed by atoms with Gasteiger partial charge in [-0.25, -0.2) is 17.9 Å². The summed E-state index contributed by atoms with van der Waals surface area (Å²) in [5.41, 5.74) is 0.634. The van der Waals surface area contributed by atoms with Crippen molar-refractivity contribution in [2.24, 2.45) is 5.14 Å². The van der Waals surface area contributed by atoms with Gasteiger partial charge in [-0.05, 0) is 24.6 Å². The van der Waals surface area contributed by atoms with Crippen LogP contribution in [0.1, 0.15) is 16.8 Å². The molecule has 0 bridgehead atoms. The third-order valence-corrected chi connectivity index (χ3v) is 4.31. The summed E-state index contributed by atoms with van der Waals surface area (Å²) in [5, 5.41) is 7.41. The zero-order chi connectivity index (χ0) is 16.9. The van der Waals surface area contributed by atoms with Crippen molar-refractivity contribution in [1.29, 1.82) is 0 Å². The summed E-state index contributed by atoms with van der Waals surface area (Å²) in [7, 11) is -3.54. The molecule has 1 amide bonds. The molecule has 0 spiro atoms. The topological polar surface area (TPSA) is 102 Å². The van der Waals surface area contributed by atoms with Crippen molar-refractivity contribution < 1.29 is 22.3 Å². The Hall–Kier alpha value is -1.71. The maximum absolute atomic E-state index is 14.2. The number of nitrogens with one attached hydrogen (secondary N) is 1. The van der Waals surface area contributed by atoms with Crippen molar-refractivity contribution >= 4 is 21.6 Å². The van der Waals surface area contributed by atoms with Gasteiger partial charge in [0.1, 0.15) is 5.82 Å². The highest BCUT2D eigenvalue weighted by molar-refractivity contribution is 7.89. The van der Waals surface area contributed by atoms with E-state index >= 15 is 0 Å². The summed E-state index contributed by atoms with van der Waals surface area (Å²) in [6.45, 7) is 2.46. The Balaban J connectivity index is 1.92. The largest absolute Gasteiger partial charge is 0.378 e. The number of hydrogen-bond donors (Lipinski definition) is 2. The van der Waals surface area contributed by atoms with Crippen LogP contribution in [0.15, 0.2) is 18.2 Å². The number of halogens is 1. The Morgan fingerprint density at radius 2 is 2.04 bits per heavy atom. The van der Waals surface area contributed by atoms with Crippen molar-refractivity contribution in [1.82, 2.24) is 5.32 Å². The van der Waals surface area contributed by atoms with Crippen LogP contribution in [-0.2, 0) is 14.8 Å². The van der Waals surface area contributed by atoms with Gasteiger partial charge < -0.3 is 15.0 Å². The van der Waals surface area contributed by atoms with Crippen LogP contribution in [-0.4, -0.2) is 52.9 Å². The third kappa shape index (κ3) is 5.45. The van der Waals surface area contributed by atoms with Gasteiger partial charge in [-0.15, -0.1) is 0 Å². The van der Waals surface area contributed by atoms with E-state index in [-0.39, 0.29) is 24.3 Å². The molecule has 128 valence electrons. The Bertz CT molecular complexity index is 660. The first kappa shape index (κ1) is 17.6. The molecular weight excluding hydrogens is 325 g/mol. The van der Waals surface area contributed by atoms with E-state index in [1.54, 1.807) is 12.1 Å². The van der Waals surface area contributed by atoms with E-state index in [1.807, 2.05) is 4.90 Å². The number of hydrogen-bond acceptors (Lipinski definition) is 5. The second-order valence-corrected chi connectivity index (χ2v) is 6.98. The summed E-state index contributed by atoms with van der Waals surface area (Å²) in [6, 6.07) is 4.29. The van der Waals surface area contributed by atoms with Crippen molar-refractivity contribution in [3.8, 4) is 0 Å². The van der Waals surface area contributed by atoms with E-state index in [0.717, 1.165) is 0 Å². The first-order valence-electron chi connectivity index (χ1n) is 7.28. The van der Waals surface area contributed by atoms with Gasteiger partial charge in [0.2, 0.25) is 10.0 Å². The van der Waals surface area contributed by atoms with E-state index in [9.17, 15) is 17.6 Å². The van der Waals surface area contributed by atoms with Gasteiger partial charge in [0, 0.05) is 25.2 Å². The normalized spacial score (nSPS) is 15.5. The molecule has 2 rings (SSSR count). The highest BCUT2D eigenvalue weighted by Crippen LogP contribution is 2.21. The quantitative estimate of drug-likeness (QED) is 0.711. The molecule has 1 heterocycles. The summed E-state index contributed by atoms with van der Waals surface area (Å²) in [6.07, 6.45) is 0.207. The molecule has 1 fully saturated rings. The van der Waals surface area contributed by atoms with E-state index in [4.69, 9.17) is 9.88 Å². The number of rotatable bonds is 6. The molecule has 7 nitrogen and oxygen atoms in total. The van der Waals surface area contributed by atoms with Gasteiger partial charge in [-0.2, -0.15) is 0 Å². The van der Waals surface area contributed by atoms with Crippen LogP contribution in [0.25, 0.3) is 0 Å². The molecule has 0 unspecified atom stereocenters. The van der Waals surface area contributed by atoms with E-state index in [2.05, 4.69) is 5.32 Å². The van der Waals surface area contributed by atoms with Crippen molar-refractivity contribution in [2.75, 3.05) is 43.5 Å². The summed E-state index contributed by atoms with van der Waals surface area (Å²) >= 11 is 0. The van der Waals surface area contributed by atoms with Crippen LogP contribution in [0.2, 0.25) is 0 Å². The third-order valence-electron chi connectivity index (χ3n) is 3.45. The van der Waals surface area contributed by atoms with Gasteiger partial charge in [-0.1, -0.05) is 0 Å². The highest BCUT2D eigenvalue weighted by atomic mass is 32.2. The monoisotopic (exact) mass is 345 g/mol. The molecule has 9 heteroatoms. The molecule has 1 saturated heterocycles. The van der Waals surface area contributed by atoms with Crippen LogP contribution >= 0.6 is 0 Å². The molecule has 1 aliphatic rings. The fraction of sp³-hybridized carbons (Fsp3) is 0.500. The lowest BCUT2D eigenvalue weighted by atomic mass is 10.1. The van der Waals surface area contributed by atoms with Crippen molar-refractivity contribution in [3.63, 3.8) is 0 Å². The Kier molecular flexibility index (Phi) is 5.91. The van der Waals surface area contributed by atoms with Crippen LogP contribution in [0.4, 0.5) is 10.1 Å². The zero-order valence-electron chi connectivity index (χ0n) is 12.6. The maximum atomic E-state index is 14.2. The second kappa shape index (κ2) is 7.71. The van der Waals surface area contributed by atoms with E-state index < -0.39 is 21.7 Å². The number of nitrogens with two attached hydrogens (primary N) is 1. The van der Waals surface area contributed by atoms with Crippen LogP contribution < -0.4 is 15.4 Å². The van der Waals surface area contributed by atoms with Crippen molar-refractivity contribution in [3.05, 3.63) is 29.6 Å². The Morgan fingerprint density at radius 3 is 2.65 bits per heavy atom. The van der Waals surface area contributed by atoms with Gasteiger partial charge in [0.25, 0.3) is 5.91 Å². The number of morpholine rings is 1. The minimum absolute atomic E-state index is 0.155. The number of primary sulfonamides is 1. The summed E-state index contributed by atoms with van der Waals surface area (Å²) < 4.78 is 41.0. The van der Waals surface area contributed by atoms with E-state index in [0.29, 0.717) is 32.0 Å². The van der Waals surface area contributed by atoms with Gasteiger partial charge in [-0.3, -0.25) is 4.79 Å². The van der Waals surface area contributed by atoms with Crippen LogP contribution in [0, 0.1) is 5.82 Å². The summed E-state index contributed by atoms with van der Waals surface area (Å²) in [4.78, 5) is 13.8. The SMILES string of the molecule is NS(=O)(=O)CCCNC(=O)c1ccc(N2CCOCC2)c(F)c1. The van der Waals surface area contributed by atoms with Gasteiger partial charge in [0.15, 0.2) is 0 Å². The fourth-order valence-corrected chi connectivity index (χ4v) is 2.83. The summed E-state index contributed by atoms with van der Waals surface area (Å²) in [5.74, 6) is -1.13. The Morgan fingerprint density at radius 1 is 1.35 bits per heavy atom. The molecule has 0 aromatic heterocycles. The second-order valence-electron chi connectivity index (χ2n) is 5.24. The number of ether oxygens (including phenoxy) is 1. The lowest BCUT2D eigenvalue weighted by Crippen LogP contribution is -2.36. The predicted molar refractivity (Wildman–Crippen MR) is 84.4 cm³/mol. The molecule has 0 saturated carbocycles. The molecule has 1 aliphatic heterocycles. The lowest BCUT2D eigenvalue weighted by molar-refractivity contribution is 0.0953. The highest BCUT2D eigenvalue weighted by Gasteiger charge is 2.16. The minimum Gasteiger partial charge on any atom is -0.378 e. The number of nitrogens with zero attached hydrogens (tertiary/aromatic N) is 1. The average molecular weight is 345 g/mol. The van der Waals surface area contributed by atoms with Crippen molar-refractivity contribution in [2.45, 2.75) is 6.42 Å². The Labute approximate surface area is 134 Å². The number of anilines is 1.